The molecule has 0 radical (unpaired) electrons. The predicted molar refractivity (Wildman–Crippen MR) is 66.4 cm³/mol. The highest BCUT2D eigenvalue weighted by Crippen LogP contribution is 2.20. The summed E-state index contributed by atoms with van der Waals surface area (Å²) < 4.78 is 5.20. The summed E-state index contributed by atoms with van der Waals surface area (Å²) in [7, 11) is 3.19. The fourth-order valence-electron chi connectivity index (χ4n) is 1.39. The number of nitrogens with two attached hydrogens (primary N) is 1. The van der Waals surface area contributed by atoms with E-state index in [0.717, 1.165) is 12.0 Å². The number of methoxy groups -OCH3 is 1. The maximum Gasteiger partial charge on any atom is 0.251 e. The maximum absolute atomic E-state index is 11.4. The topological polar surface area (TPSA) is 64.4 Å². The van der Waals surface area contributed by atoms with E-state index in [4.69, 9.17) is 10.5 Å². The number of halogens is 1. The molecular weight excluding hydrogens is 228 g/mol. The number of ether oxygens (including phenoxy) is 1. The molecule has 0 saturated heterocycles. The van der Waals surface area contributed by atoms with Crippen LogP contribution in [0.1, 0.15) is 15.9 Å². The quantitative estimate of drug-likeness (QED) is 0.830. The highest BCUT2D eigenvalue weighted by atomic mass is 35.5. The maximum atomic E-state index is 11.4. The van der Waals surface area contributed by atoms with E-state index in [0.29, 0.717) is 17.9 Å². The summed E-state index contributed by atoms with van der Waals surface area (Å²) >= 11 is 0. The lowest BCUT2D eigenvalue weighted by molar-refractivity contribution is 0.0962. The summed E-state index contributed by atoms with van der Waals surface area (Å²) in [5, 5.41) is 2.56. The van der Waals surface area contributed by atoms with Crippen LogP contribution in [-0.4, -0.2) is 26.6 Å². The molecule has 0 aliphatic heterocycles. The summed E-state index contributed by atoms with van der Waals surface area (Å²) in [6.07, 6.45) is 0.747. The first-order valence-corrected chi connectivity index (χ1v) is 4.82. The molecule has 0 heterocycles. The predicted octanol–water partition coefficient (Wildman–Crippen LogP) is 0.978. The Morgan fingerprint density at radius 3 is 2.69 bits per heavy atom. The highest BCUT2D eigenvalue weighted by molar-refractivity contribution is 5.94. The van der Waals surface area contributed by atoms with Crippen molar-refractivity contribution >= 4 is 18.3 Å². The van der Waals surface area contributed by atoms with E-state index in [1.165, 1.54) is 0 Å². The smallest absolute Gasteiger partial charge is 0.251 e. The van der Waals surface area contributed by atoms with Gasteiger partial charge in [-0.15, -0.1) is 12.4 Å². The minimum absolute atomic E-state index is 0. The zero-order chi connectivity index (χ0) is 11.3. The van der Waals surface area contributed by atoms with Gasteiger partial charge in [-0.3, -0.25) is 4.79 Å². The summed E-state index contributed by atoms with van der Waals surface area (Å²) in [5.41, 5.74) is 7.09. The number of hydrogen-bond acceptors (Lipinski definition) is 3. The van der Waals surface area contributed by atoms with Gasteiger partial charge in [0.1, 0.15) is 5.75 Å². The average molecular weight is 245 g/mol. The van der Waals surface area contributed by atoms with Gasteiger partial charge >= 0.3 is 0 Å². The van der Waals surface area contributed by atoms with Crippen molar-refractivity contribution in [2.75, 3.05) is 20.7 Å². The standard InChI is InChI=1S/C11H16N2O2.ClH/c1-13-11(14)9-4-3-8(5-6-12)10(7-9)15-2;/h3-4,7H,5-6,12H2,1-2H3,(H,13,14);1H. The second-order valence-electron chi connectivity index (χ2n) is 3.14. The highest BCUT2D eigenvalue weighted by Gasteiger charge is 2.08. The van der Waals surface area contributed by atoms with E-state index in [9.17, 15) is 4.79 Å². The monoisotopic (exact) mass is 244 g/mol. The molecule has 1 aromatic carbocycles. The number of carbonyl (C=O) groups excluding carboxylic acids is 1. The van der Waals surface area contributed by atoms with Crippen molar-refractivity contribution in [2.24, 2.45) is 5.73 Å². The molecule has 0 unspecified atom stereocenters. The first-order chi connectivity index (χ1) is 7.22. The molecule has 1 amide bonds. The van der Waals surface area contributed by atoms with Crippen molar-refractivity contribution in [3.63, 3.8) is 0 Å². The van der Waals surface area contributed by atoms with E-state index < -0.39 is 0 Å². The molecule has 1 aromatic rings. The van der Waals surface area contributed by atoms with Crippen molar-refractivity contribution in [1.82, 2.24) is 5.32 Å². The van der Waals surface area contributed by atoms with Crippen LogP contribution >= 0.6 is 12.4 Å². The molecule has 0 saturated carbocycles. The third kappa shape index (κ3) is 3.40. The Hall–Kier alpha value is -1.26. The number of amides is 1. The minimum Gasteiger partial charge on any atom is -0.496 e. The van der Waals surface area contributed by atoms with Crippen molar-refractivity contribution in [3.05, 3.63) is 29.3 Å². The Labute approximate surface area is 102 Å². The van der Waals surface area contributed by atoms with Crippen molar-refractivity contribution in [2.45, 2.75) is 6.42 Å². The molecule has 90 valence electrons. The molecule has 16 heavy (non-hydrogen) atoms. The molecule has 3 N–H and O–H groups in total. The van der Waals surface area contributed by atoms with E-state index in [2.05, 4.69) is 5.32 Å². The molecule has 0 aromatic heterocycles. The SMILES string of the molecule is CNC(=O)c1ccc(CCN)c(OC)c1.Cl. The Morgan fingerprint density at radius 2 is 2.19 bits per heavy atom. The van der Waals surface area contributed by atoms with Gasteiger partial charge in [0.15, 0.2) is 0 Å². The van der Waals surface area contributed by atoms with Gasteiger partial charge in [0.2, 0.25) is 0 Å². The van der Waals surface area contributed by atoms with E-state index in [1.54, 1.807) is 26.3 Å². The summed E-state index contributed by atoms with van der Waals surface area (Å²) in [4.78, 5) is 11.4. The van der Waals surface area contributed by atoms with Gasteiger partial charge in [-0.05, 0) is 30.7 Å². The van der Waals surface area contributed by atoms with Crippen molar-refractivity contribution < 1.29 is 9.53 Å². The lowest BCUT2D eigenvalue weighted by Crippen LogP contribution is -2.18. The molecule has 5 heteroatoms. The Kier molecular flexibility index (Phi) is 6.53. The first kappa shape index (κ1) is 14.7. The van der Waals surface area contributed by atoms with Gasteiger partial charge in [0.25, 0.3) is 5.91 Å². The molecule has 0 aliphatic rings. The summed E-state index contributed by atoms with van der Waals surface area (Å²) in [5.74, 6) is 0.592. The van der Waals surface area contributed by atoms with Gasteiger partial charge in [0, 0.05) is 12.6 Å². The number of carbonyl (C=O) groups is 1. The Balaban J connectivity index is 0.00000225. The lowest BCUT2D eigenvalue weighted by Gasteiger charge is -2.09. The number of hydrogen-bond donors (Lipinski definition) is 2. The molecule has 0 aliphatic carbocycles. The molecule has 4 nitrogen and oxygen atoms in total. The van der Waals surface area contributed by atoms with Gasteiger partial charge in [0.05, 0.1) is 7.11 Å². The van der Waals surface area contributed by atoms with Gasteiger partial charge < -0.3 is 15.8 Å². The lowest BCUT2D eigenvalue weighted by atomic mass is 10.1. The number of rotatable bonds is 4. The second-order valence-corrected chi connectivity index (χ2v) is 3.14. The Morgan fingerprint density at radius 1 is 1.50 bits per heavy atom. The van der Waals surface area contributed by atoms with Crippen LogP contribution in [0.5, 0.6) is 5.75 Å². The zero-order valence-corrected chi connectivity index (χ0v) is 10.3. The van der Waals surface area contributed by atoms with Crippen molar-refractivity contribution in [1.29, 1.82) is 0 Å². The largest absolute Gasteiger partial charge is 0.496 e. The van der Waals surface area contributed by atoms with E-state index in [1.807, 2.05) is 6.07 Å². The van der Waals surface area contributed by atoms with Gasteiger partial charge in [-0.1, -0.05) is 6.07 Å². The van der Waals surface area contributed by atoms with Crippen LogP contribution in [0, 0.1) is 0 Å². The van der Waals surface area contributed by atoms with Crippen LogP contribution in [0.2, 0.25) is 0 Å². The average Bonchev–Trinajstić information content (AvgIpc) is 2.29. The molecule has 0 bridgehead atoms. The molecule has 0 spiro atoms. The van der Waals surface area contributed by atoms with Gasteiger partial charge in [-0.2, -0.15) is 0 Å². The normalized spacial score (nSPS) is 9.19. The van der Waals surface area contributed by atoms with Crippen LogP contribution < -0.4 is 15.8 Å². The fourth-order valence-corrected chi connectivity index (χ4v) is 1.39. The van der Waals surface area contributed by atoms with Crippen LogP contribution in [0.15, 0.2) is 18.2 Å². The second kappa shape index (κ2) is 7.09. The van der Waals surface area contributed by atoms with Crippen LogP contribution in [-0.2, 0) is 6.42 Å². The fraction of sp³-hybridized carbons (Fsp3) is 0.364. The molecule has 0 atom stereocenters. The van der Waals surface area contributed by atoms with E-state index in [-0.39, 0.29) is 18.3 Å². The summed E-state index contributed by atoms with van der Waals surface area (Å²) in [6, 6.07) is 5.37. The first-order valence-electron chi connectivity index (χ1n) is 4.82. The van der Waals surface area contributed by atoms with E-state index >= 15 is 0 Å². The zero-order valence-electron chi connectivity index (χ0n) is 9.45. The van der Waals surface area contributed by atoms with Crippen LogP contribution in [0.4, 0.5) is 0 Å². The molecular formula is C11H17ClN2O2. The van der Waals surface area contributed by atoms with Gasteiger partial charge in [-0.25, -0.2) is 0 Å². The Bertz CT molecular complexity index is 356. The third-order valence-electron chi connectivity index (χ3n) is 2.19. The number of nitrogens with one attached hydrogen (secondary N) is 1. The van der Waals surface area contributed by atoms with Crippen molar-refractivity contribution in [3.8, 4) is 5.75 Å². The van der Waals surface area contributed by atoms with Crippen LogP contribution in [0.3, 0.4) is 0 Å². The number of benzene rings is 1. The third-order valence-corrected chi connectivity index (χ3v) is 2.19. The summed E-state index contributed by atoms with van der Waals surface area (Å²) in [6.45, 7) is 0.565. The molecule has 0 fully saturated rings. The minimum atomic E-state index is -0.118. The van der Waals surface area contributed by atoms with Crippen LogP contribution in [0.25, 0.3) is 0 Å². The molecule has 1 rings (SSSR count).